The third-order valence-corrected chi connectivity index (χ3v) is 3.20. The van der Waals surface area contributed by atoms with Crippen LogP contribution in [-0.4, -0.2) is 21.9 Å². The van der Waals surface area contributed by atoms with Gasteiger partial charge in [-0.3, -0.25) is 20.2 Å². The van der Waals surface area contributed by atoms with Crippen molar-refractivity contribution in [2.75, 3.05) is 0 Å². The van der Waals surface area contributed by atoms with E-state index in [1.807, 2.05) is 18.2 Å². The van der Waals surface area contributed by atoms with Crippen LogP contribution in [-0.2, 0) is 4.74 Å². The summed E-state index contributed by atoms with van der Waals surface area (Å²) in [4.78, 5) is 32.2. The number of benzene rings is 1. The molecular formula is C15H14N2O6. The van der Waals surface area contributed by atoms with Gasteiger partial charge in [0.05, 0.1) is 21.5 Å². The number of rotatable bonds is 4. The number of esters is 1. The highest BCUT2D eigenvalue weighted by molar-refractivity contribution is 5.91. The van der Waals surface area contributed by atoms with Gasteiger partial charge in [-0.25, -0.2) is 4.79 Å². The topological polar surface area (TPSA) is 113 Å². The van der Waals surface area contributed by atoms with Crippen LogP contribution in [0.4, 0.5) is 11.4 Å². The van der Waals surface area contributed by atoms with Crippen molar-refractivity contribution in [1.82, 2.24) is 0 Å². The Labute approximate surface area is 131 Å². The maximum atomic E-state index is 12.1. The number of hydrogen-bond donors (Lipinski definition) is 0. The summed E-state index contributed by atoms with van der Waals surface area (Å²) in [5, 5.41) is 21.7. The van der Waals surface area contributed by atoms with E-state index in [1.165, 1.54) is 0 Å². The monoisotopic (exact) mass is 318 g/mol. The first-order chi connectivity index (χ1) is 11.0. The molecule has 0 aromatic heterocycles. The van der Waals surface area contributed by atoms with Crippen molar-refractivity contribution >= 4 is 17.3 Å². The smallest absolute Gasteiger partial charge is 0.339 e. The van der Waals surface area contributed by atoms with E-state index in [9.17, 15) is 25.0 Å². The lowest BCUT2D eigenvalue weighted by molar-refractivity contribution is -0.394. The zero-order valence-corrected chi connectivity index (χ0v) is 12.1. The Morgan fingerprint density at radius 1 is 1.00 bits per heavy atom. The van der Waals surface area contributed by atoms with E-state index in [-0.39, 0.29) is 5.56 Å². The average molecular weight is 318 g/mol. The van der Waals surface area contributed by atoms with Gasteiger partial charge in [0.15, 0.2) is 0 Å². The zero-order chi connectivity index (χ0) is 16.8. The molecule has 1 aliphatic rings. The van der Waals surface area contributed by atoms with E-state index in [0.717, 1.165) is 31.0 Å². The van der Waals surface area contributed by atoms with Gasteiger partial charge in [0.25, 0.3) is 11.4 Å². The van der Waals surface area contributed by atoms with Gasteiger partial charge in [-0.2, -0.15) is 0 Å². The molecule has 1 aromatic carbocycles. The SMILES string of the molecule is O=C(OC1C=CCC/C=C\C1)c1cc([N+](=O)[O-])cc([N+](=O)[O-])c1. The molecule has 8 nitrogen and oxygen atoms in total. The second kappa shape index (κ2) is 7.30. The van der Waals surface area contributed by atoms with Crippen molar-refractivity contribution < 1.29 is 19.4 Å². The number of nitrogens with zero attached hydrogens (tertiary/aromatic N) is 2. The molecule has 0 amide bonds. The standard InChI is InChI=1S/C15H14N2O6/c18-15(23-14-6-4-2-1-3-5-7-14)11-8-12(16(19)20)10-13(9-11)17(21)22/h2,4-5,7-10,14H,1,3,6H2/b4-2-,7-5?. The second-order valence-electron chi connectivity index (χ2n) is 4.91. The lowest BCUT2D eigenvalue weighted by atomic mass is 10.1. The predicted octanol–water partition coefficient (Wildman–Crippen LogP) is 3.32. The Balaban J connectivity index is 2.23. The summed E-state index contributed by atoms with van der Waals surface area (Å²) in [6.45, 7) is 0. The van der Waals surface area contributed by atoms with E-state index in [1.54, 1.807) is 6.08 Å². The third-order valence-electron chi connectivity index (χ3n) is 3.20. The summed E-state index contributed by atoms with van der Waals surface area (Å²) in [6, 6.07) is 2.74. The highest BCUT2D eigenvalue weighted by atomic mass is 16.6. The lowest BCUT2D eigenvalue weighted by Crippen LogP contribution is -2.16. The molecule has 1 unspecified atom stereocenters. The molecule has 0 fully saturated rings. The molecule has 2 rings (SSSR count). The number of hydrogen-bond acceptors (Lipinski definition) is 6. The first-order valence-electron chi connectivity index (χ1n) is 6.94. The first kappa shape index (κ1) is 16.3. The molecule has 0 aliphatic heterocycles. The molecule has 1 aromatic rings. The number of nitro groups is 2. The lowest BCUT2D eigenvalue weighted by Gasteiger charge is -2.13. The van der Waals surface area contributed by atoms with E-state index in [2.05, 4.69) is 0 Å². The number of carbonyl (C=O) groups excluding carboxylic acids is 1. The van der Waals surface area contributed by atoms with Gasteiger partial charge in [-0.05, 0) is 18.9 Å². The number of non-ortho nitro benzene ring substituents is 2. The van der Waals surface area contributed by atoms with Crippen molar-refractivity contribution in [2.45, 2.75) is 25.4 Å². The normalized spacial score (nSPS) is 18.5. The molecule has 120 valence electrons. The maximum absolute atomic E-state index is 12.1. The Morgan fingerprint density at radius 3 is 2.22 bits per heavy atom. The fourth-order valence-corrected chi connectivity index (χ4v) is 2.08. The van der Waals surface area contributed by atoms with Crippen molar-refractivity contribution in [3.63, 3.8) is 0 Å². The molecule has 1 aliphatic carbocycles. The van der Waals surface area contributed by atoms with Gasteiger partial charge in [0.1, 0.15) is 6.10 Å². The van der Waals surface area contributed by atoms with Crippen LogP contribution in [0.5, 0.6) is 0 Å². The maximum Gasteiger partial charge on any atom is 0.339 e. The molecule has 0 radical (unpaired) electrons. The van der Waals surface area contributed by atoms with E-state index in [0.29, 0.717) is 6.42 Å². The van der Waals surface area contributed by atoms with Crippen LogP contribution in [0.2, 0.25) is 0 Å². The summed E-state index contributed by atoms with van der Waals surface area (Å²) in [6.07, 6.45) is 9.21. The molecule has 0 bridgehead atoms. The number of ether oxygens (including phenoxy) is 1. The van der Waals surface area contributed by atoms with Crippen molar-refractivity contribution in [2.24, 2.45) is 0 Å². The Bertz CT molecular complexity index is 663. The van der Waals surface area contributed by atoms with Crippen molar-refractivity contribution in [3.8, 4) is 0 Å². The summed E-state index contributed by atoms with van der Waals surface area (Å²) in [5.74, 6) is -0.833. The second-order valence-corrected chi connectivity index (χ2v) is 4.91. The third kappa shape index (κ3) is 4.47. The Hall–Kier alpha value is -3.03. The zero-order valence-electron chi connectivity index (χ0n) is 12.1. The number of nitro benzene ring substituents is 2. The molecule has 0 spiro atoms. The van der Waals surface area contributed by atoms with Gasteiger partial charge in [0, 0.05) is 18.6 Å². The largest absolute Gasteiger partial charge is 0.454 e. The summed E-state index contributed by atoms with van der Waals surface area (Å²) in [7, 11) is 0. The molecule has 8 heteroatoms. The van der Waals surface area contributed by atoms with Gasteiger partial charge < -0.3 is 4.74 Å². The summed E-state index contributed by atoms with van der Waals surface area (Å²) < 4.78 is 5.26. The van der Waals surface area contributed by atoms with Crippen molar-refractivity contribution in [1.29, 1.82) is 0 Å². The quantitative estimate of drug-likeness (QED) is 0.364. The van der Waals surface area contributed by atoms with Gasteiger partial charge in [-0.1, -0.05) is 18.2 Å². The molecule has 0 N–H and O–H groups in total. The van der Waals surface area contributed by atoms with Crippen LogP contribution in [0.3, 0.4) is 0 Å². The first-order valence-corrected chi connectivity index (χ1v) is 6.94. The average Bonchev–Trinajstić information content (AvgIpc) is 2.49. The van der Waals surface area contributed by atoms with Gasteiger partial charge >= 0.3 is 5.97 Å². The predicted molar refractivity (Wildman–Crippen MR) is 81.1 cm³/mol. The van der Waals surface area contributed by atoms with Crippen LogP contribution in [0.25, 0.3) is 0 Å². The fraction of sp³-hybridized carbons (Fsp3) is 0.267. The van der Waals surface area contributed by atoms with Crippen LogP contribution >= 0.6 is 0 Å². The van der Waals surface area contributed by atoms with Crippen LogP contribution in [0.1, 0.15) is 29.6 Å². The number of allylic oxidation sites excluding steroid dienone is 2. The highest BCUT2D eigenvalue weighted by Crippen LogP contribution is 2.24. The molecule has 0 saturated heterocycles. The minimum Gasteiger partial charge on any atom is -0.454 e. The highest BCUT2D eigenvalue weighted by Gasteiger charge is 2.22. The van der Waals surface area contributed by atoms with E-state index < -0.39 is 33.3 Å². The Kier molecular flexibility index (Phi) is 5.19. The minimum absolute atomic E-state index is 0.217. The summed E-state index contributed by atoms with van der Waals surface area (Å²) in [5.41, 5.74) is -1.27. The van der Waals surface area contributed by atoms with Crippen LogP contribution in [0, 0.1) is 20.2 Å². The van der Waals surface area contributed by atoms with Crippen LogP contribution in [0.15, 0.2) is 42.5 Å². The Morgan fingerprint density at radius 2 is 1.61 bits per heavy atom. The molecule has 0 heterocycles. The van der Waals surface area contributed by atoms with Crippen molar-refractivity contribution in [3.05, 3.63) is 68.3 Å². The van der Waals surface area contributed by atoms with E-state index in [4.69, 9.17) is 4.74 Å². The van der Waals surface area contributed by atoms with E-state index >= 15 is 0 Å². The number of carbonyl (C=O) groups is 1. The molecule has 23 heavy (non-hydrogen) atoms. The van der Waals surface area contributed by atoms with Gasteiger partial charge in [-0.15, -0.1) is 0 Å². The minimum atomic E-state index is -0.833. The molecular weight excluding hydrogens is 304 g/mol. The molecule has 0 saturated carbocycles. The summed E-state index contributed by atoms with van der Waals surface area (Å²) >= 11 is 0. The fourth-order valence-electron chi connectivity index (χ4n) is 2.08. The van der Waals surface area contributed by atoms with Crippen LogP contribution < -0.4 is 0 Å². The molecule has 1 atom stereocenters. The van der Waals surface area contributed by atoms with Gasteiger partial charge in [0.2, 0.25) is 0 Å².